The van der Waals surface area contributed by atoms with Crippen LogP contribution in [-0.4, -0.2) is 31.5 Å². The first-order chi connectivity index (χ1) is 10.5. The number of aromatic amines is 1. The van der Waals surface area contributed by atoms with Gasteiger partial charge in [-0.15, -0.1) is 11.6 Å². The molecule has 0 fully saturated rings. The first kappa shape index (κ1) is 16.2. The molecule has 2 rings (SSSR count). The summed E-state index contributed by atoms with van der Waals surface area (Å²) in [5, 5.41) is 6.98. The third-order valence-electron chi connectivity index (χ3n) is 3.18. The number of amides is 1. The SMILES string of the molecule is CCc1c(C)nc(-n2nc(C)cc2NC(=O)CCCl)[nH]c1=O. The molecule has 8 heteroatoms. The number of aromatic nitrogens is 4. The topological polar surface area (TPSA) is 92.7 Å². The van der Waals surface area contributed by atoms with E-state index in [4.69, 9.17) is 11.6 Å². The Morgan fingerprint density at radius 3 is 2.77 bits per heavy atom. The quantitative estimate of drug-likeness (QED) is 0.819. The Kier molecular flexibility index (Phi) is 4.97. The van der Waals surface area contributed by atoms with Crippen molar-refractivity contribution in [3.05, 3.63) is 33.4 Å². The van der Waals surface area contributed by atoms with Gasteiger partial charge >= 0.3 is 0 Å². The standard InChI is InChI=1S/C14H18ClN5O2/c1-4-10-9(3)16-14(18-13(10)22)20-11(7-8(2)19-20)17-12(21)5-6-15/h7H,4-6H2,1-3H3,(H,17,21)(H,16,18,22). The normalized spacial score (nSPS) is 10.7. The van der Waals surface area contributed by atoms with Crippen LogP contribution in [0.1, 0.15) is 30.3 Å². The number of rotatable bonds is 5. The molecule has 22 heavy (non-hydrogen) atoms. The number of H-pyrrole nitrogens is 1. The smallest absolute Gasteiger partial charge is 0.255 e. The van der Waals surface area contributed by atoms with Gasteiger partial charge in [-0.2, -0.15) is 9.78 Å². The lowest BCUT2D eigenvalue weighted by atomic mass is 10.2. The van der Waals surface area contributed by atoms with Crippen LogP contribution in [-0.2, 0) is 11.2 Å². The first-order valence-electron chi connectivity index (χ1n) is 6.99. The Morgan fingerprint density at radius 2 is 2.18 bits per heavy atom. The number of carbonyl (C=O) groups excluding carboxylic acids is 1. The van der Waals surface area contributed by atoms with Crippen molar-refractivity contribution in [2.75, 3.05) is 11.2 Å². The zero-order valence-corrected chi connectivity index (χ0v) is 13.5. The van der Waals surface area contributed by atoms with E-state index >= 15 is 0 Å². The van der Waals surface area contributed by atoms with Crippen LogP contribution in [0.4, 0.5) is 5.82 Å². The molecule has 0 atom stereocenters. The van der Waals surface area contributed by atoms with Gasteiger partial charge in [0.15, 0.2) is 0 Å². The minimum Gasteiger partial charge on any atom is -0.310 e. The highest BCUT2D eigenvalue weighted by Crippen LogP contribution is 2.15. The molecule has 118 valence electrons. The second-order valence-electron chi connectivity index (χ2n) is 4.88. The Hall–Kier alpha value is -2.15. The second-order valence-corrected chi connectivity index (χ2v) is 5.25. The van der Waals surface area contributed by atoms with Gasteiger partial charge in [0.05, 0.1) is 5.69 Å². The van der Waals surface area contributed by atoms with Crippen molar-refractivity contribution in [3.63, 3.8) is 0 Å². The maximum absolute atomic E-state index is 12.1. The van der Waals surface area contributed by atoms with E-state index in [2.05, 4.69) is 20.4 Å². The second kappa shape index (κ2) is 6.74. The number of nitrogens with zero attached hydrogens (tertiary/aromatic N) is 3. The number of halogens is 1. The predicted molar refractivity (Wildman–Crippen MR) is 84.8 cm³/mol. The Balaban J connectivity index is 2.45. The molecule has 0 saturated carbocycles. The monoisotopic (exact) mass is 323 g/mol. The van der Waals surface area contributed by atoms with Crippen LogP contribution in [0.5, 0.6) is 0 Å². The fraction of sp³-hybridized carbons (Fsp3) is 0.429. The number of hydrogen-bond acceptors (Lipinski definition) is 4. The molecule has 0 spiro atoms. The summed E-state index contributed by atoms with van der Waals surface area (Å²) in [6.07, 6.45) is 0.801. The minimum atomic E-state index is -0.222. The molecular weight excluding hydrogens is 306 g/mol. The number of carbonyl (C=O) groups is 1. The van der Waals surface area contributed by atoms with Crippen molar-refractivity contribution in [1.82, 2.24) is 19.7 Å². The van der Waals surface area contributed by atoms with Gasteiger partial charge in [-0.1, -0.05) is 6.92 Å². The van der Waals surface area contributed by atoms with Gasteiger partial charge in [0.25, 0.3) is 5.56 Å². The zero-order valence-electron chi connectivity index (χ0n) is 12.7. The van der Waals surface area contributed by atoms with E-state index in [1.165, 1.54) is 4.68 Å². The molecule has 0 saturated heterocycles. The molecule has 7 nitrogen and oxygen atoms in total. The third kappa shape index (κ3) is 3.36. The van der Waals surface area contributed by atoms with Crippen LogP contribution in [0.2, 0.25) is 0 Å². The highest BCUT2D eigenvalue weighted by Gasteiger charge is 2.14. The van der Waals surface area contributed by atoms with Crippen molar-refractivity contribution >= 4 is 23.3 Å². The summed E-state index contributed by atoms with van der Waals surface area (Å²) in [6, 6.07) is 1.70. The lowest BCUT2D eigenvalue weighted by Gasteiger charge is -2.09. The van der Waals surface area contributed by atoms with E-state index in [9.17, 15) is 9.59 Å². The molecule has 1 amide bonds. The lowest BCUT2D eigenvalue weighted by Crippen LogP contribution is -2.22. The maximum Gasteiger partial charge on any atom is 0.255 e. The maximum atomic E-state index is 12.1. The molecule has 2 aromatic rings. The van der Waals surface area contributed by atoms with E-state index in [1.807, 2.05) is 6.92 Å². The van der Waals surface area contributed by atoms with E-state index in [0.717, 1.165) is 0 Å². The molecule has 0 aliphatic rings. The molecule has 0 aromatic carbocycles. The Labute approximate surface area is 132 Å². The summed E-state index contributed by atoms with van der Waals surface area (Å²) in [5.41, 5.74) is 1.78. The van der Waals surface area contributed by atoms with Crippen molar-refractivity contribution in [1.29, 1.82) is 0 Å². The average Bonchev–Trinajstić information content (AvgIpc) is 2.79. The van der Waals surface area contributed by atoms with Crippen molar-refractivity contribution in [2.45, 2.75) is 33.6 Å². The van der Waals surface area contributed by atoms with Crippen LogP contribution in [0.25, 0.3) is 5.95 Å². The molecule has 0 bridgehead atoms. The summed E-state index contributed by atoms with van der Waals surface area (Å²) in [5.74, 6) is 0.729. The number of anilines is 1. The van der Waals surface area contributed by atoms with Gasteiger partial charge in [0.1, 0.15) is 5.82 Å². The van der Waals surface area contributed by atoms with Gasteiger partial charge < -0.3 is 5.32 Å². The molecule has 0 aliphatic heterocycles. The van der Waals surface area contributed by atoms with Crippen LogP contribution < -0.4 is 10.9 Å². The fourth-order valence-electron chi connectivity index (χ4n) is 2.15. The van der Waals surface area contributed by atoms with Crippen LogP contribution in [0.3, 0.4) is 0 Å². The van der Waals surface area contributed by atoms with Crippen LogP contribution in [0.15, 0.2) is 10.9 Å². The van der Waals surface area contributed by atoms with E-state index in [0.29, 0.717) is 29.2 Å². The highest BCUT2D eigenvalue weighted by atomic mass is 35.5. The van der Waals surface area contributed by atoms with Crippen LogP contribution in [0, 0.1) is 13.8 Å². The molecule has 2 aromatic heterocycles. The Bertz CT molecular complexity index is 750. The van der Waals surface area contributed by atoms with Gasteiger partial charge in [-0.25, -0.2) is 4.98 Å². The van der Waals surface area contributed by atoms with E-state index < -0.39 is 0 Å². The van der Waals surface area contributed by atoms with Gasteiger partial charge in [0, 0.05) is 29.6 Å². The molecule has 0 unspecified atom stereocenters. The number of alkyl halides is 1. The summed E-state index contributed by atoms with van der Waals surface area (Å²) in [6.45, 7) is 5.47. The van der Waals surface area contributed by atoms with Crippen molar-refractivity contribution in [3.8, 4) is 5.95 Å². The van der Waals surface area contributed by atoms with Gasteiger partial charge in [-0.05, 0) is 20.3 Å². The summed E-state index contributed by atoms with van der Waals surface area (Å²) in [7, 11) is 0. The fourth-order valence-corrected chi connectivity index (χ4v) is 2.33. The highest BCUT2D eigenvalue weighted by molar-refractivity contribution is 6.19. The number of hydrogen-bond donors (Lipinski definition) is 2. The molecule has 2 N–H and O–H groups in total. The summed E-state index contributed by atoms with van der Waals surface area (Å²) < 4.78 is 1.41. The van der Waals surface area contributed by atoms with Crippen molar-refractivity contribution < 1.29 is 4.79 Å². The lowest BCUT2D eigenvalue weighted by molar-refractivity contribution is -0.115. The first-order valence-corrected chi connectivity index (χ1v) is 7.52. The average molecular weight is 324 g/mol. The molecule has 0 aliphatic carbocycles. The van der Waals surface area contributed by atoms with Crippen LogP contribution >= 0.6 is 11.6 Å². The summed E-state index contributed by atoms with van der Waals surface area (Å²) in [4.78, 5) is 30.8. The Morgan fingerprint density at radius 1 is 1.45 bits per heavy atom. The van der Waals surface area contributed by atoms with Gasteiger partial charge in [0.2, 0.25) is 11.9 Å². The minimum absolute atomic E-state index is 0.198. The number of aryl methyl sites for hydroxylation is 2. The summed E-state index contributed by atoms with van der Waals surface area (Å²) >= 11 is 5.56. The van der Waals surface area contributed by atoms with E-state index in [-0.39, 0.29) is 29.7 Å². The van der Waals surface area contributed by atoms with Crippen molar-refractivity contribution in [2.24, 2.45) is 0 Å². The zero-order chi connectivity index (χ0) is 16.3. The van der Waals surface area contributed by atoms with Gasteiger partial charge in [-0.3, -0.25) is 14.6 Å². The predicted octanol–water partition coefficient (Wildman–Crippen LogP) is 1.70. The molecular formula is C14H18ClN5O2. The van der Waals surface area contributed by atoms with E-state index in [1.54, 1.807) is 19.9 Å². The largest absolute Gasteiger partial charge is 0.310 e. The third-order valence-corrected chi connectivity index (χ3v) is 3.37. The molecule has 0 radical (unpaired) electrons. The number of nitrogens with one attached hydrogen (secondary N) is 2. The molecule has 2 heterocycles.